The quantitative estimate of drug-likeness (QED) is 0.192. The minimum absolute atomic E-state index is 0.243. The van der Waals surface area contributed by atoms with Crippen molar-refractivity contribution in [2.24, 2.45) is 16.8 Å². The second-order valence-corrected chi connectivity index (χ2v) is 18.2. The van der Waals surface area contributed by atoms with Gasteiger partial charge in [-0.2, -0.15) is 0 Å². The van der Waals surface area contributed by atoms with Crippen molar-refractivity contribution in [2.45, 2.75) is 18.0 Å². The molecule has 62 heavy (non-hydrogen) atoms. The molecule has 4 atom stereocenters. The van der Waals surface area contributed by atoms with Crippen LogP contribution >= 0.6 is 11.3 Å². The number of fused-ring (bicyclic) bond motifs is 13. The molecule has 2 aliphatic heterocycles. The lowest BCUT2D eigenvalue weighted by atomic mass is 9.62. The topological polar surface area (TPSA) is 33.6 Å². The molecule has 3 heterocycles. The van der Waals surface area contributed by atoms with Crippen LogP contribution in [0.15, 0.2) is 223 Å². The van der Waals surface area contributed by atoms with Gasteiger partial charge in [-0.15, -0.1) is 11.3 Å². The van der Waals surface area contributed by atoms with Crippen LogP contribution in [0.3, 0.4) is 0 Å². The van der Waals surface area contributed by atoms with Crippen LogP contribution in [0.5, 0.6) is 5.75 Å². The molecule has 4 unspecified atom stereocenters. The summed E-state index contributed by atoms with van der Waals surface area (Å²) in [5, 5.41) is 5.26. The van der Waals surface area contributed by atoms with Gasteiger partial charge in [-0.1, -0.05) is 164 Å². The number of nitrogens with zero attached hydrogens (tertiary/aromatic N) is 1. The van der Waals surface area contributed by atoms with Crippen LogP contribution in [-0.4, -0.2) is 5.71 Å². The summed E-state index contributed by atoms with van der Waals surface area (Å²) in [5.74, 6) is 2.35. The fraction of sp³-hybridized carbons (Fsp3) is 0.0862. The third kappa shape index (κ3) is 5.14. The molecular weight excluding hydrogens is 773 g/mol. The number of benzene rings is 7. The molecule has 1 spiro atoms. The normalized spacial score (nSPS) is 22.2. The lowest BCUT2D eigenvalue weighted by Gasteiger charge is -2.44. The Hall–Kier alpha value is -7.27. The first-order chi connectivity index (χ1) is 30.5. The average Bonchev–Trinajstić information content (AvgIpc) is 3.84. The number of aliphatic imine (C=N–C) groups is 1. The van der Waals surface area contributed by atoms with E-state index in [1.807, 2.05) is 11.3 Å². The number of ether oxygens (including phenoxy) is 1. The van der Waals surface area contributed by atoms with Crippen molar-refractivity contribution < 1.29 is 4.74 Å². The zero-order chi connectivity index (χ0) is 41.0. The Bertz CT molecular complexity index is 3270. The van der Waals surface area contributed by atoms with Gasteiger partial charge in [0.1, 0.15) is 11.5 Å². The predicted molar refractivity (Wildman–Crippen MR) is 256 cm³/mol. The van der Waals surface area contributed by atoms with Crippen LogP contribution < -0.4 is 10.1 Å². The SMILES string of the molecule is CC1(c2cc(-c3ccccc3)cc(-c3ccccc3)c2)N=C(c2ccc3c(c2)C2(C4=CC5C=CC=CC5C=C4Oc4ccccc42)c2ccccc2-3)c2sc3ccccc3c2N1. The summed E-state index contributed by atoms with van der Waals surface area (Å²) in [6.07, 6.45) is 13.8. The summed E-state index contributed by atoms with van der Waals surface area (Å²) in [4.78, 5) is 7.05. The van der Waals surface area contributed by atoms with Crippen molar-refractivity contribution in [1.82, 2.24) is 0 Å². The van der Waals surface area contributed by atoms with Gasteiger partial charge in [0.15, 0.2) is 5.66 Å². The average molecular weight is 813 g/mol. The molecule has 1 N–H and O–H groups in total. The van der Waals surface area contributed by atoms with Crippen molar-refractivity contribution in [3.63, 3.8) is 0 Å². The number of hydrogen-bond acceptors (Lipinski definition) is 4. The first-order valence-corrected chi connectivity index (χ1v) is 22.3. The van der Waals surface area contributed by atoms with Gasteiger partial charge in [0.05, 0.1) is 21.7 Å². The summed E-state index contributed by atoms with van der Waals surface area (Å²) in [7, 11) is 0. The molecular formula is C58H40N2OS. The molecule has 294 valence electrons. The number of anilines is 1. The molecule has 3 nitrogen and oxygen atoms in total. The van der Waals surface area contributed by atoms with Crippen molar-refractivity contribution in [2.75, 3.05) is 5.32 Å². The van der Waals surface area contributed by atoms with Gasteiger partial charge in [-0.05, 0) is 93.9 Å². The molecule has 0 saturated carbocycles. The van der Waals surface area contributed by atoms with E-state index < -0.39 is 11.1 Å². The van der Waals surface area contributed by atoms with Crippen molar-refractivity contribution >= 4 is 32.8 Å². The van der Waals surface area contributed by atoms with Crippen LogP contribution in [-0.2, 0) is 11.1 Å². The maximum Gasteiger partial charge on any atom is 0.153 e. The van der Waals surface area contributed by atoms with Gasteiger partial charge in [0, 0.05) is 44.2 Å². The minimum atomic E-state index is -0.802. The van der Waals surface area contributed by atoms with Crippen molar-refractivity contribution in [3.8, 4) is 39.1 Å². The fourth-order valence-corrected chi connectivity index (χ4v) is 11.9. The van der Waals surface area contributed by atoms with Gasteiger partial charge in [-0.3, -0.25) is 4.99 Å². The Balaban J connectivity index is 1.06. The summed E-state index contributed by atoms with van der Waals surface area (Å²) >= 11 is 1.82. The van der Waals surface area contributed by atoms with E-state index in [-0.39, 0.29) is 11.8 Å². The molecule has 1 aromatic heterocycles. The second kappa shape index (κ2) is 13.4. The monoisotopic (exact) mass is 812 g/mol. The van der Waals surface area contributed by atoms with E-state index in [1.54, 1.807) is 0 Å². The Labute approximate surface area is 365 Å². The van der Waals surface area contributed by atoms with Crippen LogP contribution in [0.4, 0.5) is 5.69 Å². The van der Waals surface area contributed by atoms with Crippen molar-refractivity contribution in [1.29, 1.82) is 0 Å². The van der Waals surface area contributed by atoms with Gasteiger partial charge < -0.3 is 10.1 Å². The highest BCUT2D eigenvalue weighted by molar-refractivity contribution is 7.22. The summed E-state index contributed by atoms with van der Waals surface area (Å²) in [5.41, 5.74) is 15.1. The van der Waals surface area contributed by atoms with Gasteiger partial charge >= 0.3 is 0 Å². The molecule has 0 amide bonds. The molecule has 3 aliphatic carbocycles. The van der Waals surface area contributed by atoms with Crippen LogP contribution in [0, 0.1) is 11.8 Å². The molecule has 8 aromatic rings. The first kappa shape index (κ1) is 35.5. The molecule has 0 saturated heterocycles. The van der Waals surface area contributed by atoms with E-state index in [4.69, 9.17) is 9.73 Å². The van der Waals surface area contributed by atoms with Gasteiger partial charge in [0.25, 0.3) is 0 Å². The van der Waals surface area contributed by atoms with E-state index in [0.717, 1.165) is 50.0 Å². The maximum absolute atomic E-state index is 6.89. The molecule has 13 rings (SSSR count). The van der Waals surface area contributed by atoms with E-state index >= 15 is 0 Å². The number of rotatable bonds is 4. The highest BCUT2D eigenvalue weighted by atomic mass is 32.1. The fourth-order valence-electron chi connectivity index (χ4n) is 10.8. The number of hydrogen-bond donors (Lipinski definition) is 1. The second-order valence-electron chi connectivity index (χ2n) is 17.2. The first-order valence-electron chi connectivity index (χ1n) is 21.5. The molecule has 0 bridgehead atoms. The standard InChI is InChI=1S/C58H40N2OS/c1-57(43-31-41(36-16-4-2-5-17-36)30-42(32-43)37-18-6-3-7-19-37)59-54(56-55(60-57)46-23-11-15-27-53(46)62-56)40-28-29-45-44-22-10-12-24-47(44)58(49(45)34-40)48-25-13-14-26-51(48)61-52-35-39-21-9-8-20-38(39)33-50(52)58/h2-35,38-39,60H,1H3. The summed E-state index contributed by atoms with van der Waals surface area (Å²) < 4.78 is 8.13. The van der Waals surface area contributed by atoms with Gasteiger partial charge in [0.2, 0.25) is 0 Å². The zero-order valence-corrected chi connectivity index (χ0v) is 34.9. The number of nitrogens with one attached hydrogen (secondary N) is 1. The molecule has 0 fully saturated rings. The Kier molecular flexibility index (Phi) is 7.65. The Morgan fingerprint density at radius 2 is 1.21 bits per heavy atom. The Morgan fingerprint density at radius 1 is 0.565 bits per heavy atom. The summed E-state index contributed by atoms with van der Waals surface area (Å²) in [6, 6.07) is 61.9. The highest BCUT2D eigenvalue weighted by Crippen LogP contribution is 2.63. The third-order valence-corrected chi connectivity index (χ3v) is 14.8. The van der Waals surface area contributed by atoms with Crippen LogP contribution in [0.2, 0.25) is 0 Å². The zero-order valence-electron chi connectivity index (χ0n) is 34.0. The van der Waals surface area contributed by atoms with Gasteiger partial charge in [-0.25, -0.2) is 0 Å². The van der Waals surface area contributed by atoms with E-state index in [0.29, 0.717) is 0 Å². The Morgan fingerprint density at radius 3 is 1.98 bits per heavy atom. The lowest BCUT2D eigenvalue weighted by molar-refractivity contribution is 0.373. The van der Waals surface area contributed by atoms with E-state index in [1.165, 1.54) is 54.6 Å². The number of para-hydroxylation sites is 1. The predicted octanol–water partition coefficient (Wildman–Crippen LogP) is 14.3. The molecule has 7 aromatic carbocycles. The smallest absolute Gasteiger partial charge is 0.153 e. The molecule has 0 radical (unpaired) electrons. The van der Waals surface area contributed by atoms with Crippen LogP contribution in [0.1, 0.15) is 39.6 Å². The highest BCUT2D eigenvalue weighted by Gasteiger charge is 2.54. The molecule has 5 aliphatic rings. The summed E-state index contributed by atoms with van der Waals surface area (Å²) in [6.45, 7) is 2.24. The number of allylic oxidation sites excluding steroid dienone is 7. The van der Waals surface area contributed by atoms with E-state index in [2.05, 4.69) is 219 Å². The maximum atomic E-state index is 6.89. The van der Waals surface area contributed by atoms with E-state index in [9.17, 15) is 0 Å². The lowest BCUT2D eigenvalue weighted by Crippen LogP contribution is -2.38. The minimum Gasteiger partial charge on any atom is -0.457 e. The third-order valence-electron chi connectivity index (χ3n) is 13.6. The van der Waals surface area contributed by atoms with Crippen LogP contribution in [0.25, 0.3) is 43.5 Å². The van der Waals surface area contributed by atoms with Crippen molar-refractivity contribution in [3.05, 3.63) is 250 Å². The number of thiophene rings is 1. The largest absolute Gasteiger partial charge is 0.457 e. The molecule has 4 heteroatoms.